The molecule has 2 aliphatic heterocycles. The average molecular weight is 355 g/mol. The number of fused-ring (bicyclic) bond motifs is 6. The Morgan fingerprint density at radius 2 is 2.15 bits per heavy atom. The molecule has 2 aromatic rings. The summed E-state index contributed by atoms with van der Waals surface area (Å²) in [6.45, 7) is 2.26. The van der Waals surface area contributed by atoms with Crippen molar-refractivity contribution in [2.75, 3.05) is 20.2 Å². The number of hydrogen-bond donors (Lipinski definition) is 3. The Bertz CT molecular complexity index is 845. The first-order chi connectivity index (χ1) is 12.7. The minimum Gasteiger partial charge on any atom is -0.469 e. The lowest BCUT2D eigenvalue weighted by Crippen LogP contribution is -3.15. The molecule has 1 saturated carbocycles. The third kappa shape index (κ3) is 2.33. The van der Waals surface area contributed by atoms with Crippen LogP contribution in [0.2, 0.25) is 0 Å². The summed E-state index contributed by atoms with van der Waals surface area (Å²) in [5.41, 5.74) is 4.03. The highest BCUT2D eigenvalue weighted by Gasteiger charge is 2.51. The van der Waals surface area contributed by atoms with E-state index >= 15 is 0 Å². The molecule has 0 amide bonds. The monoisotopic (exact) mass is 355 g/mol. The van der Waals surface area contributed by atoms with Crippen LogP contribution in [0.15, 0.2) is 24.3 Å². The standard InChI is InChI=1S/C21H26N2O3/c1-26-21(25)19-15-10-17-20-14(13-4-2-3-5-16(13)22-20)8-9-23(17)11-12(15)6-7-18(19)24/h2-5,12,15,17-19,22,24H,6-11H2,1H3/p+1/t12-,15-,17-,18-,19+/m0/s1. The fourth-order valence-electron chi connectivity index (χ4n) is 6.01. The van der Waals surface area contributed by atoms with Gasteiger partial charge in [0.05, 0.1) is 37.9 Å². The van der Waals surface area contributed by atoms with Crippen molar-refractivity contribution in [3.05, 3.63) is 35.5 Å². The largest absolute Gasteiger partial charge is 0.469 e. The van der Waals surface area contributed by atoms with E-state index in [1.165, 1.54) is 29.3 Å². The highest BCUT2D eigenvalue weighted by atomic mass is 16.5. The van der Waals surface area contributed by atoms with Crippen molar-refractivity contribution in [3.8, 4) is 0 Å². The second-order valence-corrected chi connectivity index (χ2v) is 8.33. The lowest BCUT2D eigenvalue weighted by atomic mass is 9.65. The molecule has 1 unspecified atom stereocenters. The van der Waals surface area contributed by atoms with Gasteiger partial charge in [0.1, 0.15) is 6.04 Å². The van der Waals surface area contributed by atoms with E-state index in [-0.39, 0.29) is 17.8 Å². The number of carbonyl (C=O) groups is 1. The highest BCUT2D eigenvalue weighted by Crippen LogP contribution is 2.43. The van der Waals surface area contributed by atoms with Crippen LogP contribution in [0.4, 0.5) is 0 Å². The molecule has 2 fully saturated rings. The summed E-state index contributed by atoms with van der Waals surface area (Å²) in [7, 11) is 1.44. The summed E-state index contributed by atoms with van der Waals surface area (Å²) in [6.07, 6.45) is 3.25. The Hall–Kier alpha value is -1.85. The first-order valence-corrected chi connectivity index (χ1v) is 9.87. The SMILES string of the molecule is COC(=O)[C@@H]1[C@H]2C[C@H]3c4[nH]c5ccccc5c4CC[NH+]3C[C@@H]2CC[C@@H]1O. The van der Waals surface area contributed by atoms with E-state index in [2.05, 4.69) is 29.2 Å². The molecule has 5 rings (SSSR count). The summed E-state index contributed by atoms with van der Waals surface area (Å²) < 4.78 is 5.05. The van der Waals surface area contributed by atoms with Crippen LogP contribution < -0.4 is 4.90 Å². The van der Waals surface area contributed by atoms with E-state index in [0.717, 1.165) is 38.8 Å². The lowest BCUT2D eigenvalue weighted by molar-refractivity contribution is -0.945. The molecule has 6 atom stereocenters. The maximum atomic E-state index is 12.4. The van der Waals surface area contributed by atoms with Crippen LogP contribution in [-0.2, 0) is 16.0 Å². The number of hydrogen-bond acceptors (Lipinski definition) is 3. The molecule has 0 radical (unpaired) electrons. The van der Waals surface area contributed by atoms with Gasteiger partial charge in [0, 0.05) is 29.7 Å². The van der Waals surface area contributed by atoms with Gasteiger partial charge in [-0.3, -0.25) is 4.79 Å². The molecule has 3 N–H and O–H groups in total. The van der Waals surface area contributed by atoms with Gasteiger partial charge in [-0.05, 0) is 30.4 Å². The smallest absolute Gasteiger partial charge is 0.311 e. The van der Waals surface area contributed by atoms with Gasteiger partial charge in [0.2, 0.25) is 0 Å². The van der Waals surface area contributed by atoms with Crippen LogP contribution >= 0.6 is 0 Å². The van der Waals surface area contributed by atoms with Gasteiger partial charge in [0.15, 0.2) is 0 Å². The first kappa shape index (κ1) is 16.3. The summed E-state index contributed by atoms with van der Waals surface area (Å²) in [6, 6.07) is 8.95. The Labute approximate surface area is 153 Å². The second-order valence-electron chi connectivity index (χ2n) is 8.33. The predicted octanol–water partition coefficient (Wildman–Crippen LogP) is 1.23. The fraction of sp³-hybridized carbons (Fsp3) is 0.571. The molecule has 0 bridgehead atoms. The molecule has 5 nitrogen and oxygen atoms in total. The van der Waals surface area contributed by atoms with Crippen molar-refractivity contribution in [3.63, 3.8) is 0 Å². The number of methoxy groups -OCH3 is 1. The number of esters is 1. The van der Waals surface area contributed by atoms with E-state index in [4.69, 9.17) is 4.74 Å². The fourth-order valence-corrected chi connectivity index (χ4v) is 6.01. The number of rotatable bonds is 1. The Kier molecular flexibility index (Phi) is 3.83. The first-order valence-electron chi connectivity index (χ1n) is 9.87. The second kappa shape index (κ2) is 6.10. The van der Waals surface area contributed by atoms with E-state index in [1.807, 2.05) is 0 Å². The zero-order valence-corrected chi connectivity index (χ0v) is 15.2. The number of quaternary nitrogens is 1. The number of aliphatic hydroxyl groups excluding tert-OH is 1. The van der Waals surface area contributed by atoms with Crippen molar-refractivity contribution in [2.45, 2.75) is 37.8 Å². The Morgan fingerprint density at radius 1 is 1.31 bits per heavy atom. The van der Waals surface area contributed by atoms with Crippen LogP contribution in [0.5, 0.6) is 0 Å². The van der Waals surface area contributed by atoms with E-state index in [9.17, 15) is 9.90 Å². The molecule has 1 aromatic heterocycles. The Balaban J connectivity index is 1.52. The highest BCUT2D eigenvalue weighted by molar-refractivity contribution is 5.85. The van der Waals surface area contributed by atoms with Crippen LogP contribution in [0, 0.1) is 17.8 Å². The maximum Gasteiger partial charge on any atom is 0.311 e. The van der Waals surface area contributed by atoms with Crippen molar-refractivity contribution in [1.29, 1.82) is 0 Å². The number of aliphatic hydroxyl groups is 1. The van der Waals surface area contributed by atoms with Gasteiger partial charge in [-0.25, -0.2) is 0 Å². The number of nitrogens with one attached hydrogen (secondary N) is 2. The molecule has 0 spiro atoms. The van der Waals surface area contributed by atoms with Crippen molar-refractivity contribution in [1.82, 2.24) is 4.98 Å². The molecule has 3 heterocycles. The minimum absolute atomic E-state index is 0.220. The van der Waals surface area contributed by atoms with E-state index in [1.54, 1.807) is 4.90 Å². The summed E-state index contributed by atoms with van der Waals surface area (Å²) in [5.74, 6) is 0.135. The number of aromatic nitrogens is 1. The van der Waals surface area contributed by atoms with Gasteiger partial charge >= 0.3 is 5.97 Å². The molecule has 5 heteroatoms. The molecule has 26 heavy (non-hydrogen) atoms. The number of H-pyrrole nitrogens is 1. The van der Waals surface area contributed by atoms with Crippen LogP contribution in [0.1, 0.15) is 36.6 Å². The van der Waals surface area contributed by atoms with Gasteiger partial charge in [0.25, 0.3) is 0 Å². The van der Waals surface area contributed by atoms with Crippen LogP contribution in [0.25, 0.3) is 10.9 Å². The summed E-state index contributed by atoms with van der Waals surface area (Å²) >= 11 is 0. The molecule has 3 aliphatic rings. The maximum absolute atomic E-state index is 12.4. The number of aromatic amines is 1. The Morgan fingerprint density at radius 3 is 3.00 bits per heavy atom. The van der Waals surface area contributed by atoms with Crippen LogP contribution in [0.3, 0.4) is 0 Å². The third-order valence-electron chi connectivity index (χ3n) is 7.20. The third-order valence-corrected chi connectivity index (χ3v) is 7.20. The van der Waals surface area contributed by atoms with Gasteiger partial charge in [-0.1, -0.05) is 18.2 Å². The molecule has 1 aliphatic carbocycles. The summed E-state index contributed by atoms with van der Waals surface area (Å²) in [5, 5.41) is 11.8. The molecule has 1 saturated heterocycles. The minimum atomic E-state index is -0.559. The van der Waals surface area contributed by atoms with Gasteiger partial charge in [-0.2, -0.15) is 0 Å². The predicted molar refractivity (Wildman–Crippen MR) is 97.8 cm³/mol. The molecular formula is C21H27N2O3+. The van der Waals surface area contributed by atoms with Crippen molar-refractivity contribution >= 4 is 16.9 Å². The number of carbonyl (C=O) groups excluding carboxylic acids is 1. The van der Waals surface area contributed by atoms with Gasteiger partial charge < -0.3 is 19.7 Å². The number of ether oxygens (including phenoxy) is 1. The normalized spacial score (nSPS) is 36.1. The van der Waals surface area contributed by atoms with Crippen molar-refractivity contribution in [2.24, 2.45) is 17.8 Å². The van der Waals surface area contributed by atoms with E-state index in [0.29, 0.717) is 12.0 Å². The molecular weight excluding hydrogens is 328 g/mol. The molecule has 138 valence electrons. The zero-order chi connectivity index (χ0) is 17.8. The molecule has 1 aromatic carbocycles. The average Bonchev–Trinajstić information content (AvgIpc) is 3.05. The topological polar surface area (TPSA) is 66.8 Å². The summed E-state index contributed by atoms with van der Waals surface area (Å²) in [4.78, 5) is 17.7. The number of benzene rings is 1. The van der Waals surface area contributed by atoms with Crippen molar-refractivity contribution < 1.29 is 19.5 Å². The van der Waals surface area contributed by atoms with Gasteiger partial charge in [-0.15, -0.1) is 0 Å². The van der Waals surface area contributed by atoms with E-state index < -0.39 is 6.10 Å². The quantitative estimate of drug-likeness (QED) is 0.674. The van der Waals surface area contributed by atoms with Crippen LogP contribution in [-0.4, -0.2) is 42.4 Å². The zero-order valence-electron chi connectivity index (χ0n) is 15.2. The number of piperidine rings is 1. The lowest BCUT2D eigenvalue weighted by Gasteiger charge is -2.48. The number of para-hydroxylation sites is 1.